The molecule has 0 amide bonds. The van der Waals surface area contributed by atoms with E-state index >= 15 is 0 Å². The van der Waals surface area contributed by atoms with Gasteiger partial charge in [0.15, 0.2) is 11.7 Å². The minimum absolute atomic E-state index is 0.160. The molecule has 0 aliphatic heterocycles. The minimum Gasteiger partial charge on any atom is -0.282 e. The van der Waals surface area contributed by atoms with Crippen molar-refractivity contribution in [1.29, 1.82) is 5.41 Å². The molecule has 3 heteroatoms. The van der Waals surface area contributed by atoms with E-state index in [0.29, 0.717) is 5.84 Å². The van der Waals surface area contributed by atoms with E-state index in [-0.39, 0.29) is 11.3 Å². The summed E-state index contributed by atoms with van der Waals surface area (Å²) in [4.78, 5) is 8.72. The van der Waals surface area contributed by atoms with Crippen LogP contribution in [0.25, 0.3) is 33.4 Å². The lowest BCUT2D eigenvalue weighted by Gasteiger charge is -2.29. The second-order valence-electron chi connectivity index (χ2n) is 11.8. The molecule has 5 aromatic carbocycles. The largest absolute Gasteiger partial charge is 0.282 e. The summed E-state index contributed by atoms with van der Waals surface area (Å²) >= 11 is 0. The first-order chi connectivity index (χ1) is 21.5. The topological polar surface area (TPSA) is 48.6 Å². The molecule has 1 atom stereocenters. The SMILES string of the molecule is C=NC(=NC(=N)C1=CCC(C)(c2ccc3c(c2)Cc2cccc(-c4ccccc4)c2-3)C=C1)c1ccc(-c2ccccc2)cc1. The van der Waals surface area contributed by atoms with Crippen LogP contribution in [0.1, 0.15) is 35.6 Å². The third-order valence-electron chi connectivity index (χ3n) is 8.92. The van der Waals surface area contributed by atoms with E-state index in [1.165, 1.54) is 38.9 Å². The third kappa shape index (κ3) is 5.07. The smallest absolute Gasteiger partial charge is 0.161 e. The number of hydrogen-bond acceptors (Lipinski definition) is 1. The summed E-state index contributed by atoms with van der Waals surface area (Å²) in [5, 5.41) is 8.75. The van der Waals surface area contributed by atoms with Crippen LogP contribution in [0, 0.1) is 5.41 Å². The Balaban J connectivity index is 1.10. The van der Waals surface area contributed by atoms with Crippen LogP contribution < -0.4 is 0 Å². The van der Waals surface area contributed by atoms with E-state index in [1.807, 2.05) is 36.4 Å². The summed E-state index contributed by atoms with van der Waals surface area (Å²) in [5.41, 5.74) is 13.1. The second-order valence-corrected chi connectivity index (χ2v) is 11.8. The Morgan fingerprint density at radius 2 is 1.43 bits per heavy atom. The molecule has 0 saturated heterocycles. The first kappa shape index (κ1) is 27.4. The normalized spacial score (nSPS) is 17.0. The Labute approximate surface area is 259 Å². The molecule has 0 saturated carbocycles. The Kier molecular flexibility index (Phi) is 7.07. The number of rotatable bonds is 5. The lowest BCUT2D eigenvalue weighted by molar-refractivity contribution is 0.597. The van der Waals surface area contributed by atoms with Crippen molar-refractivity contribution >= 4 is 18.4 Å². The first-order valence-electron chi connectivity index (χ1n) is 15.0. The van der Waals surface area contributed by atoms with Crippen molar-refractivity contribution in [2.24, 2.45) is 9.98 Å². The average Bonchev–Trinajstić information content (AvgIpc) is 3.47. The highest BCUT2D eigenvalue weighted by Crippen LogP contribution is 2.45. The summed E-state index contributed by atoms with van der Waals surface area (Å²) < 4.78 is 0. The van der Waals surface area contributed by atoms with E-state index < -0.39 is 0 Å². The predicted octanol–water partition coefficient (Wildman–Crippen LogP) is 9.86. The van der Waals surface area contributed by atoms with Gasteiger partial charge in [0.05, 0.1) is 0 Å². The van der Waals surface area contributed by atoms with Crippen molar-refractivity contribution in [3.05, 3.63) is 167 Å². The minimum atomic E-state index is -0.160. The van der Waals surface area contributed by atoms with Crippen LogP contribution in [0.5, 0.6) is 0 Å². The number of hydrogen-bond donors (Lipinski definition) is 1. The van der Waals surface area contributed by atoms with E-state index in [0.717, 1.165) is 35.1 Å². The number of amidine groups is 2. The molecule has 7 rings (SSSR count). The number of fused-ring (bicyclic) bond motifs is 3. The number of aliphatic imine (C=N–C) groups is 2. The van der Waals surface area contributed by atoms with Gasteiger partial charge in [-0.3, -0.25) is 5.41 Å². The predicted molar refractivity (Wildman–Crippen MR) is 185 cm³/mol. The van der Waals surface area contributed by atoms with E-state index in [4.69, 9.17) is 5.41 Å². The van der Waals surface area contributed by atoms with Gasteiger partial charge in [0.1, 0.15) is 0 Å². The maximum Gasteiger partial charge on any atom is 0.161 e. The number of nitrogens with one attached hydrogen (secondary N) is 1. The van der Waals surface area contributed by atoms with Gasteiger partial charge in [-0.2, -0.15) is 0 Å². The number of allylic oxidation sites excluding steroid dienone is 2. The van der Waals surface area contributed by atoms with Crippen molar-refractivity contribution in [2.75, 3.05) is 0 Å². The summed E-state index contributed by atoms with van der Waals surface area (Å²) in [6, 6.07) is 42.6. The fourth-order valence-electron chi connectivity index (χ4n) is 6.39. The van der Waals surface area contributed by atoms with Gasteiger partial charge < -0.3 is 0 Å². The van der Waals surface area contributed by atoms with Gasteiger partial charge >= 0.3 is 0 Å². The van der Waals surface area contributed by atoms with Gasteiger partial charge in [0.25, 0.3) is 0 Å². The van der Waals surface area contributed by atoms with Crippen molar-refractivity contribution in [3.8, 4) is 33.4 Å². The van der Waals surface area contributed by atoms with E-state index in [1.54, 1.807) is 0 Å². The maximum atomic E-state index is 8.75. The first-order valence-corrected chi connectivity index (χ1v) is 15.0. The van der Waals surface area contributed by atoms with Gasteiger partial charge in [-0.15, -0.1) is 0 Å². The zero-order chi connectivity index (χ0) is 30.1. The summed E-state index contributed by atoms with van der Waals surface area (Å²) in [5.74, 6) is 0.640. The number of benzene rings is 5. The molecule has 1 N–H and O–H groups in total. The maximum absolute atomic E-state index is 8.75. The second kappa shape index (κ2) is 11.3. The van der Waals surface area contributed by atoms with E-state index in [9.17, 15) is 0 Å². The van der Waals surface area contributed by atoms with Gasteiger partial charge in [0, 0.05) is 16.6 Å². The van der Waals surface area contributed by atoms with Crippen LogP contribution >= 0.6 is 0 Å². The molecule has 212 valence electrons. The molecule has 0 spiro atoms. The van der Waals surface area contributed by atoms with Crippen molar-refractivity contribution in [1.82, 2.24) is 0 Å². The van der Waals surface area contributed by atoms with Gasteiger partial charge in [-0.05, 0) is 69.6 Å². The lowest BCUT2D eigenvalue weighted by Crippen LogP contribution is -2.21. The van der Waals surface area contributed by atoms with Gasteiger partial charge in [-0.1, -0.05) is 146 Å². The highest BCUT2D eigenvalue weighted by atomic mass is 14.9. The molecular formula is C41H33N3. The fraction of sp³-hybridized carbons (Fsp3) is 0.0976. The van der Waals surface area contributed by atoms with Crippen molar-refractivity contribution in [2.45, 2.75) is 25.2 Å². The summed E-state index contributed by atoms with van der Waals surface area (Å²) in [6.07, 6.45) is 8.12. The Morgan fingerprint density at radius 1 is 0.727 bits per heavy atom. The average molecular weight is 568 g/mol. The fourth-order valence-corrected chi connectivity index (χ4v) is 6.39. The van der Waals surface area contributed by atoms with Crippen LogP contribution in [0.4, 0.5) is 0 Å². The quantitative estimate of drug-likeness (QED) is 0.159. The Bertz CT molecular complexity index is 1980. The van der Waals surface area contributed by atoms with Crippen LogP contribution in [0.15, 0.2) is 155 Å². The van der Waals surface area contributed by atoms with E-state index in [2.05, 4.69) is 127 Å². The molecule has 0 heterocycles. The molecule has 44 heavy (non-hydrogen) atoms. The summed E-state index contributed by atoms with van der Waals surface area (Å²) in [7, 11) is 0. The molecule has 2 aliphatic carbocycles. The Morgan fingerprint density at radius 3 is 2.11 bits per heavy atom. The molecule has 0 fully saturated rings. The van der Waals surface area contributed by atoms with Crippen molar-refractivity contribution in [3.63, 3.8) is 0 Å². The molecule has 1 unspecified atom stereocenters. The molecule has 2 aliphatic rings. The lowest BCUT2D eigenvalue weighted by atomic mass is 9.75. The zero-order valence-electron chi connectivity index (χ0n) is 24.8. The standard InChI is InChI=1S/C41H33N3/c1-41(35-20-21-37-34(27-35)26-33-14-9-15-36(38(33)37)30-12-7-4-8-13-30)24-22-31(23-25-41)39(42)44-40(43-2)32-18-16-29(17-19-32)28-10-5-3-6-11-28/h3-24,27,42H,2,25-26H2,1H3. The molecule has 0 bridgehead atoms. The summed E-state index contributed by atoms with van der Waals surface area (Å²) in [6.45, 7) is 6.00. The van der Waals surface area contributed by atoms with Crippen molar-refractivity contribution < 1.29 is 0 Å². The van der Waals surface area contributed by atoms with Crippen LogP contribution in [-0.2, 0) is 11.8 Å². The van der Waals surface area contributed by atoms with Gasteiger partial charge in [-0.25, -0.2) is 9.98 Å². The van der Waals surface area contributed by atoms with Crippen LogP contribution in [-0.4, -0.2) is 18.4 Å². The zero-order valence-corrected chi connectivity index (χ0v) is 24.8. The Hall–Kier alpha value is -5.41. The molecule has 3 nitrogen and oxygen atoms in total. The monoisotopic (exact) mass is 567 g/mol. The highest BCUT2D eigenvalue weighted by Gasteiger charge is 2.29. The van der Waals surface area contributed by atoms with Crippen LogP contribution in [0.3, 0.4) is 0 Å². The molecular weight excluding hydrogens is 534 g/mol. The number of nitrogens with zero attached hydrogens (tertiary/aromatic N) is 2. The highest BCUT2D eigenvalue weighted by molar-refractivity contribution is 6.12. The molecule has 0 radical (unpaired) electrons. The third-order valence-corrected chi connectivity index (χ3v) is 8.92. The molecule has 0 aromatic heterocycles. The van der Waals surface area contributed by atoms with Crippen LogP contribution in [0.2, 0.25) is 0 Å². The molecule has 5 aromatic rings. The van der Waals surface area contributed by atoms with Gasteiger partial charge in [0.2, 0.25) is 0 Å².